The molecular formula is C11H21N3O. The predicted molar refractivity (Wildman–Crippen MR) is 62.1 cm³/mol. The largest absolute Gasteiger partial charge is 0.362 e. The van der Waals surface area contributed by atoms with Crippen molar-refractivity contribution in [3.05, 3.63) is 0 Å². The molecule has 86 valence electrons. The van der Waals surface area contributed by atoms with Crippen molar-refractivity contribution in [2.45, 2.75) is 39.2 Å². The van der Waals surface area contributed by atoms with Crippen LogP contribution in [-0.2, 0) is 4.79 Å². The fourth-order valence-electron chi connectivity index (χ4n) is 1.61. The van der Waals surface area contributed by atoms with E-state index in [1.807, 2.05) is 20.9 Å². The van der Waals surface area contributed by atoms with Gasteiger partial charge in [-0.05, 0) is 26.7 Å². The van der Waals surface area contributed by atoms with E-state index in [1.165, 1.54) is 12.8 Å². The number of amidine groups is 1. The molecule has 0 aromatic heterocycles. The van der Waals surface area contributed by atoms with Gasteiger partial charge in [-0.2, -0.15) is 0 Å². The van der Waals surface area contributed by atoms with E-state index in [9.17, 15) is 4.79 Å². The first-order valence-electron chi connectivity index (χ1n) is 5.70. The van der Waals surface area contributed by atoms with Gasteiger partial charge < -0.3 is 10.2 Å². The highest BCUT2D eigenvalue weighted by atomic mass is 16.2. The molecule has 0 aliphatic carbocycles. The summed E-state index contributed by atoms with van der Waals surface area (Å²) in [5.41, 5.74) is 0. The Morgan fingerprint density at radius 1 is 1.60 bits per heavy atom. The number of likely N-dealkylation sites (N-methyl/N-ethyl adjacent to an activating group) is 1. The first-order chi connectivity index (χ1) is 7.15. The van der Waals surface area contributed by atoms with Crippen LogP contribution in [0.4, 0.5) is 0 Å². The third kappa shape index (κ3) is 3.53. The van der Waals surface area contributed by atoms with Crippen LogP contribution >= 0.6 is 0 Å². The number of hydrogen-bond acceptors (Lipinski definition) is 3. The molecule has 1 aliphatic heterocycles. The zero-order valence-electron chi connectivity index (χ0n) is 9.92. The van der Waals surface area contributed by atoms with Crippen LogP contribution < -0.4 is 5.32 Å². The minimum atomic E-state index is -0.160. The summed E-state index contributed by atoms with van der Waals surface area (Å²) in [6.45, 7) is 5.51. The molecule has 0 spiro atoms. The molecule has 0 saturated carbocycles. The number of hydrogen-bond donors (Lipinski definition) is 1. The van der Waals surface area contributed by atoms with Crippen molar-refractivity contribution in [1.82, 2.24) is 10.2 Å². The number of carbonyl (C=O) groups excluding carboxylic acids is 1. The highest BCUT2D eigenvalue weighted by molar-refractivity contribution is 5.89. The summed E-state index contributed by atoms with van der Waals surface area (Å²) >= 11 is 0. The first-order valence-corrected chi connectivity index (χ1v) is 5.70. The van der Waals surface area contributed by atoms with Gasteiger partial charge in [-0.1, -0.05) is 0 Å². The van der Waals surface area contributed by atoms with Gasteiger partial charge in [0.05, 0.1) is 5.84 Å². The zero-order valence-corrected chi connectivity index (χ0v) is 9.92. The monoisotopic (exact) mass is 211 g/mol. The van der Waals surface area contributed by atoms with Crippen molar-refractivity contribution in [3.63, 3.8) is 0 Å². The van der Waals surface area contributed by atoms with Crippen molar-refractivity contribution in [3.8, 4) is 0 Å². The van der Waals surface area contributed by atoms with Crippen LogP contribution in [0.3, 0.4) is 0 Å². The van der Waals surface area contributed by atoms with Gasteiger partial charge in [0.1, 0.15) is 6.04 Å². The Morgan fingerprint density at radius 3 is 2.87 bits per heavy atom. The second-order valence-electron chi connectivity index (χ2n) is 4.00. The SMILES string of the molecule is CCN(C)C(=O)C(C)NC1=NCCCC1. The molecule has 4 nitrogen and oxygen atoms in total. The molecular weight excluding hydrogens is 190 g/mol. The topological polar surface area (TPSA) is 44.7 Å². The molecule has 0 radical (unpaired) electrons. The lowest BCUT2D eigenvalue weighted by molar-refractivity contribution is -0.131. The molecule has 0 aromatic rings. The molecule has 1 amide bonds. The Balaban J connectivity index is 2.43. The van der Waals surface area contributed by atoms with Crippen LogP contribution in [0.25, 0.3) is 0 Å². The lowest BCUT2D eigenvalue weighted by atomic mass is 10.1. The molecule has 1 unspecified atom stereocenters. The van der Waals surface area contributed by atoms with Gasteiger partial charge in [0.25, 0.3) is 0 Å². The van der Waals surface area contributed by atoms with Gasteiger partial charge in [-0.15, -0.1) is 0 Å². The number of amides is 1. The molecule has 0 bridgehead atoms. The number of nitrogens with zero attached hydrogens (tertiary/aromatic N) is 2. The third-order valence-corrected chi connectivity index (χ3v) is 2.73. The van der Waals surface area contributed by atoms with Gasteiger partial charge in [0, 0.05) is 26.6 Å². The second-order valence-corrected chi connectivity index (χ2v) is 4.00. The number of rotatable bonds is 3. The van der Waals surface area contributed by atoms with Crippen molar-refractivity contribution in [2.75, 3.05) is 20.1 Å². The zero-order chi connectivity index (χ0) is 11.3. The summed E-state index contributed by atoms with van der Waals surface area (Å²) in [7, 11) is 1.82. The minimum absolute atomic E-state index is 0.130. The molecule has 1 N–H and O–H groups in total. The number of carbonyl (C=O) groups is 1. The van der Waals surface area contributed by atoms with E-state index in [2.05, 4.69) is 10.3 Å². The number of aliphatic imine (C=N–C) groups is 1. The fraction of sp³-hybridized carbons (Fsp3) is 0.818. The van der Waals surface area contributed by atoms with Crippen LogP contribution in [-0.4, -0.2) is 42.8 Å². The highest BCUT2D eigenvalue weighted by Gasteiger charge is 2.17. The molecule has 0 fully saturated rings. The Morgan fingerprint density at radius 2 is 2.33 bits per heavy atom. The van der Waals surface area contributed by atoms with E-state index in [0.29, 0.717) is 0 Å². The summed E-state index contributed by atoms with van der Waals surface area (Å²) in [6.07, 6.45) is 3.33. The van der Waals surface area contributed by atoms with E-state index >= 15 is 0 Å². The van der Waals surface area contributed by atoms with Crippen molar-refractivity contribution in [1.29, 1.82) is 0 Å². The van der Waals surface area contributed by atoms with Gasteiger partial charge in [-0.25, -0.2) is 0 Å². The summed E-state index contributed by atoms with van der Waals surface area (Å²) in [6, 6.07) is -0.160. The van der Waals surface area contributed by atoms with E-state index in [-0.39, 0.29) is 11.9 Å². The van der Waals surface area contributed by atoms with E-state index < -0.39 is 0 Å². The van der Waals surface area contributed by atoms with Crippen LogP contribution in [0.1, 0.15) is 33.1 Å². The molecule has 1 heterocycles. The second kappa shape index (κ2) is 5.73. The molecule has 0 aromatic carbocycles. The standard InChI is InChI=1S/C11H21N3O/c1-4-14(3)11(15)9(2)13-10-7-5-6-8-12-10/h9H,4-8H2,1-3H3,(H,12,13). The normalized spacial score (nSPS) is 17.9. The number of nitrogens with one attached hydrogen (secondary N) is 1. The lowest BCUT2D eigenvalue weighted by Crippen LogP contribution is -2.45. The van der Waals surface area contributed by atoms with Crippen LogP contribution in [0.2, 0.25) is 0 Å². The van der Waals surface area contributed by atoms with Crippen molar-refractivity contribution in [2.24, 2.45) is 4.99 Å². The average Bonchev–Trinajstić information content (AvgIpc) is 2.28. The van der Waals surface area contributed by atoms with Gasteiger partial charge in [0.2, 0.25) is 5.91 Å². The predicted octanol–water partition coefficient (Wildman–Crippen LogP) is 1.03. The summed E-state index contributed by atoms with van der Waals surface area (Å²) in [4.78, 5) is 17.9. The quantitative estimate of drug-likeness (QED) is 0.757. The Kier molecular flexibility index (Phi) is 4.59. The van der Waals surface area contributed by atoms with E-state index in [4.69, 9.17) is 0 Å². The minimum Gasteiger partial charge on any atom is -0.362 e. The third-order valence-electron chi connectivity index (χ3n) is 2.73. The maximum Gasteiger partial charge on any atom is 0.244 e. The molecule has 1 atom stereocenters. The molecule has 1 rings (SSSR count). The fourth-order valence-corrected chi connectivity index (χ4v) is 1.61. The smallest absolute Gasteiger partial charge is 0.244 e. The molecule has 1 aliphatic rings. The lowest BCUT2D eigenvalue weighted by Gasteiger charge is -2.23. The van der Waals surface area contributed by atoms with E-state index in [0.717, 1.165) is 25.3 Å². The Labute approximate surface area is 91.7 Å². The maximum absolute atomic E-state index is 11.8. The Hall–Kier alpha value is -1.06. The van der Waals surface area contributed by atoms with Gasteiger partial charge in [0.15, 0.2) is 0 Å². The average molecular weight is 211 g/mol. The Bertz CT molecular complexity index is 250. The summed E-state index contributed by atoms with van der Waals surface area (Å²) in [5.74, 6) is 1.12. The van der Waals surface area contributed by atoms with E-state index in [1.54, 1.807) is 4.90 Å². The summed E-state index contributed by atoms with van der Waals surface area (Å²) < 4.78 is 0. The van der Waals surface area contributed by atoms with Crippen LogP contribution in [0.15, 0.2) is 4.99 Å². The molecule has 15 heavy (non-hydrogen) atoms. The van der Waals surface area contributed by atoms with Crippen molar-refractivity contribution < 1.29 is 4.79 Å². The molecule has 0 saturated heterocycles. The van der Waals surface area contributed by atoms with Gasteiger partial charge >= 0.3 is 0 Å². The highest BCUT2D eigenvalue weighted by Crippen LogP contribution is 2.05. The van der Waals surface area contributed by atoms with Gasteiger partial charge in [-0.3, -0.25) is 9.79 Å². The van der Waals surface area contributed by atoms with Crippen LogP contribution in [0, 0.1) is 0 Å². The van der Waals surface area contributed by atoms with Crippen LogP contribution in [0.5, 0.6) is 0 Å². The molecule has 4 heteroatoms. The first kappa shape index (κ1) is 12.0. The van der Waals surface area contributed by atoms with Crippen molar-refractivity contribution >= 4 is 11.7 Å². The maximum atomic E-state index is 11.8. The summed E-state index contributed by atoms with van der Waals surface area (Å²) in [5, 5.41) is 3.19.